The number of hydrogen-bond acceptors (Lipinski definition) is 3. The molecule has 0 aliphatic rings. The van der Waals surface area contributed by atoms with Gasteiger partial charge in [0.1, 0.15) is 0 Å². The Bertz CT molecular complexity index is 349. The van der Waals surface area contributed by atoms with E-state index < -0.39 is 0 Å². The van der Waals surface area contributed by atoms with Crippen LogP contribution < -0.4 is 5.32 Å². The van der Waals surface area contributed by atoms with E-state index in [9.17, 15) is 0 Å². The highest BCUT2D eigenvalue weighted by Gasteiger charge is 2.13. The van der Waals surface area contributed by atoms with Crippen LogP contribution in [0.25, 0.3) is 0 Å². The lowest BCUT2D eigenvalue weighted by Crippen LogP contribution is -2.36. The fourth-order valence-corrected chi connectivity index (χ4v) is 2.23. The Morgan fingerprint density at radius 2 is 2.11 bits per heavy atom. The number of ether oxygens (including phenoxy) is 1. The second-order valence-electron chi connectivity index (χ2n) is 4.83. The van der Waals surface area contributed by atoms with Crippen molar-refractivity contribution < 1.29 is 4.74 Å². The Labute approximate surface area is 117 Å². The largest absolute Gasteiger partial charge is 0.380 e. The molecule has 0 fully saturated rings. The van der Waals surface area contributed by atoms with E-state index >= 15 is 0 Å². The van der Waals surface area contributed by atoms with Gasteiger partial charge in [-0.1, -0.05) is 20.8 Å². The summed E-state index contributed by atoms with van der Waals surface area (Å²) in [7, 11) is 0. The molecule has 1 atom stereocenters. The molecule has 0 spiro atoms. The summed E-state index contributed by atoms with van der Waals surface area (Å²) in [4.78, 5) is 0. The summed E-state index contributed by atoms with van der Waals surface area (Å²) >= 11 is 0. The average Bonchev–Trinajstić information content (AvgIpc) is 2.81. The molecule has 1 N–H and O–H groups in total. The molecule has 0 aromatic carbocycles. The monoisotopic (exact) mass is 267 g/mol. The molecule has 1 heterocycles. The summed E-state index contributed by atoms with van der Waals surface area (Å²) in [5, 5.41) is 8.11. The fourth-order valence-electron chi connectivity index (χ4n) is 2.23. The predicted molar refractivity (Wildman–Crippen MR) is 79.6 cm³/mol. The number of likely N-dealkylation sites (N-methyl/N-ethyl adjacent to an activating group) is 1. The summed E-state index contributed by atoms with van der Waals surface area (Å²) in [5.41, 5.74) is 2.49. The molecule has 110 valence electrons. The molecular formula is C15H29N3O. The van der Waals surface area contributed by atoms with Gasteiger partial charge in [0, 0.05) is 31.3 Å². The van der Waals surface area contributed by atoms with E-state index in [1.54, 1.807) is 0 Å². The molecule has 4 heteroatoms. The average molecular weight is 267 g/mol. The van der Waals surface area contributed by atoms with Crippen LogP contribution in [0.5, 0.6) is 0 Å². The summed E-state index contributed by atoms with van der Waals surface area (Å²) < 4.78 is 7.80. The molecule has 1 aromatic heterocycles. The lowest BCUT2D eigenvalue weighted by Gasteiger charge is -2.18. The molecule has 0 saturated heterocycles. The Balaban J connectivity index is 2.63. The molecule has 0 aliphatic carbocycles. The Morgan fingerprint density at radius 3 is 2.68 bits per heavy atom. The van der Waals surface area contributed by atoms with E-state index in [1.807, 2.05) is 0 Å². The number of nitrogens with one attached hydrogen (secondary N) is 1. The maximum absolute atomic E-state index is 5.68. The SMILES string of the molecule is CCCOCC(Cc1cc(CC)nn1CC)NCC. The second-order valence-corrected chi connectivity index (χ2v) is 4.83. The summed E-state index contributed by atoms with van der Waals surface area (Å²) in [6, 6.07) is 2.61. The van der Waals surface area contributed by atoms with E-state index in [0.29, 0.717) is 6.04 Å². The van der Waals surface area contributed by atoms with Crippen LogP contribution in [0.15, 0.2) is 6.07 Å². The highest BCUT2D eigenvalue weighted by molar-refractivity contribution is 5.12. The van der Waals surface area contributed by atoms with Crippen molar-refractivity contribution in [3.63, 3.8) is 0 Å². The van der Waals surface area contributed by atoms with Gasteiger partial charge in [-0.15, -0.1) is 0 Å². The van der Waals surface area contributed by atoms with Gasteiger partial charge in [0.2, 0.25) is 0 Å². The van der Waals surface area contributed by atoms with Gasteiger partial charge in [-0.25, -0.2) is 0 Å². The molecule has 1 aromatic rings. The van der Waals surface area contributed by atoms with Gasteiger partial charge in [-0.3, -0.25) is 4.68 Å². The first kappa shape index (κ1) is 16.2. The molecule has 0 saturated carbocycles. The van der Waals surface area contributed by atoms with Crippen LogP contribution in [-0.2, 0) is 24.1 Å². The highest BCUT2D eigenvalue weighted by atomic mass is 16.5. The van der Waals surface area contributed by atoms with Gasteiger partial charge in [-0.2, -0.15) is 5.10 Å². The van der Waals surface area contributed by atoms with E-state index in [1.165, 1.54) is 11.4 Å². The van der Waals surface area contributed by atoms with Gasteiger partial charge in [0.15, 0.2) is 0 Å². The summed E-state index contributed by atoms with van der Waals surface area (Å²) in [5.74, 6) is 0. The van der Waals surface area contributed by atoms with Crippen molar-refractivity contribution in [3.8, 4) is 0 Å². The zero-order valence-electron chi connectivity index (χ0n) is 12.9. The Hall–Kier alpha value is -0.870. The van der Waals surface area contributed by atoms with Gasteiger partial charge in [0.25, 0.3) is 0 Å². The zero-order chi connectivity index (χ0) is 14.1. The quantitative estimate of drug-likeness (QED) is 0.662. The van der Waals surface area contributed by atoms with Crippen molar-refractivity contribution in [1.82, 2.24) is 15.1 Å². The van der Waals surface area contributed by atoms with Crippen LogP contribution in [0.2, 0.25) is 0 Å². The van der Waals surface area contributed by atoms with E-state index in [2.05, 4.69) is 48.9 Å². The van der Waals surface area contributed by atoms with Crippen LogP contribution in [0.1, 0.15) is 45.5 Å². The van der Waals surface area contributed by atoms with Crippen molar-refractivity contribution in [3.05, 3.63) is 17.5 Å². The minimum absolute atomic E-state index is 0.378. The third-order valence-corrected chi connectivity index (χ3v) is 3.19. The van der Waals surface area contributed by atoms with Crippen LogP contribution >= 0.6 is 0 Å². The molecule has 0 amide bonds. The van der Waals surface area contributed by atoms with Gasteiger partial charge in [-0.05, 0) is 32.4 Å². The summed E-state index contributed by atoms with van der Waals surface area (Å²) in [6.45, 7) is 12.1. The second kappa shape index (κ2) is 9.10. The first-order valence-electron chi connectivity index (χ1n) is 7.61. The van der Waals surface area contributed by atoms with Crippen molar-refractivity contribution >= 4 is 0 Å². The lowest BCUT2D eigenvalue weighted by atomic mass is 10.1. The number of aryl methyl sites for hydroxylation is 2. The molecule has 19 heavy (non-hydrogen) atoms. The zero-order valence-corrected chi connectivity index (χ0v) is 12.9. The normalized spacial score (nSPS) is 12.8. The smallest absolute Gasteiger partial charge is 0.0624 e. The standard InChI is InChI=1S/C15H29N3O/c1-5-9-19-12-14(16-7-3)11-15-10-13(6-2)17-18(15)8-4/h10,14,16H,5-9,11-12H2,1-4H3. The maximum atomic E-state index is 5.68. The first-order chi connectivity index (χ1) is 9.24. The van der Waals surface area contributed by atoms with Gasteiger partial charge < -0.3 is 10.1 Å². The minimum Gasteiger partial charge on any atom is -0.380 e. The molecule has 0 radical (unpaired) electrons. The van der Waals surface area contributed by atoms with E-state index in [4.69, 9.17) is 4.74 Å². The predicted octanol–water partition coefficient (Wildman–Crippen LogP) is 2.41. The van der Waals surface area contributed by atoms with Crippen LogP contribution in [0.3, 0.4) is 0 Å². The molecule has 0 bridgehead atoms. The number of nitrogens with zero attached hydrogens (tertiary/aromatic N) is 2. The van der Waals surface area contributed by atoms with Crippen molar-refractivity contribution in [2.45, 2.75) is 59.5 Å². The first-order valence-corrected chi connectivity index (χ1v) is 7.61. The minimum atomic E-state index is 0.378. The van der Waals surface area contributed by atoms with Crippen LogP contribution in [0.4, 0.5) is 0 Å². The van der Waals surface area contributed by atoms with Crippen molar-refractivity contribution in [2.24, 2.45) is 0 Å². The molecule has 1 rings (SSSR count). The third kappa shape index (κ3) is 5.33. The lowest BCUT2D eigenvalue weighted by molar-refractivity contribution is 0.111. The molecular weight excluding hydrogens is 238 g/mol. The summed E-state index contributed by atoms with van der Waals surface area (Å²) in [6.07, 6.45) is 3.06. The van der Waals surface area contributed by atoms with Crippen molar-refractivity contribution in [2.75, 3.05) is 19.8 Å². The van der Waals surface area contributed by atoms with Gasteiger partial charge in [0.05, 0.1) is 12.3 Å². The number of aromatic nitrogens is 2. The molecule has 0 aliphatic heterocycles. The Kier molecular flexibility index (Phi) is 7.75. The van der Waals surface area contributed by atoms with Crippen LogP contribution in [-0.4, -0.2) is 35.6 Å². The molecule has 4 nitrogen and oxygen atoms in total. The highest BCUT2D eigenvalue weighted by Crippen LogP contribution is 2.09. The number of hydrogen-bond donors (Lipinski definition) is 1. The van der Waals surface area contributed by atoms with Crippen molar-refractivity contribution in [1.29, 1.82) is 0 Å². The molecule has 1 unspecified atom stereocenters. The number of rotatable bonds is 10. The topological polar surface area (TPSA) is 39.1 Å². The third-order valence-electron chi connectivity index (χ3n) is 3.19. The maximum Gasteiger partial charge on any atom is 0.0624 e. The Morgan fingerprint density at radius 1 is 1.32 bits per heavy atom. The van der Waals surface area contributed by atoms with Gasteiger partial charge >= 0.3 is 0 Å². The van der Waals surface area contributed by atoms with E-state index in [-0.39, 0.29) is 0 Å². The fraction of sp³-hybridized carbons (Fsp3) is 0.800. The van der Waals surface area contributed by atoms with Crippen LogP contribution in [0, 0.1) is 0 Å². The van der Waals surface area contributed by atoms with E-state index in [0.717, 1.165) is 45.6 Å².